The van der Waals surface area contributed by atoms with E-state index >= 15 is 0 Å². The highest BCUT2D eigenvalue weighted by molar-refractivity contribution is 5.74. The zero-order valence-electron chi connectivity index (χ0n) is 10.0. The molecule has 0 radical (unpaired) electrons. The molecule has 2 heterocycles. The lowest BCUT2D eigenvalue weighted by molar-refractivity contribution is -0.184. The summed E-state index contributed by atoms with van der Waals surface area (Å²) < 4.78 is 44.0. The molecular formula is C10H12F3N3O3. The largest absolute Gasteiger partial charge is 0.464 e. The fourth-order valence-corrected chi connectivity index (χ4v) is 2.17. The molecule has 0 spiro atoms. The Labute approximate surface area is 105 Å². The third-order valence-corrected chi connectivity index (χ3v) is 3.05. The molecule has 6 nitrogen and oxygen atoms in total. The van der Waals surface area contributed by atoms with Crippen LogP contribution in [-0.2, 0) is 16.0 Å². The van der Waals surface area contributed by atoms with Crippen LogP contribution >= 0.6 is 0 Å². The molecule has 0 saturated carbocycles. The van der Waals surface area contributed by atoms with Crippen LogP contribution in [0.5, 0.6) is 0 Å². The first-order valence-corrected chi connectivity index (χ1v) is 5.73. The van der Waals surface area contributed by atoms with Crippen LogP contribution in [-0.4, -0.2) is 33.5 Å². The van der Waals surface area contributed by atoms with Crippen LogP contribution in [0.2, 0.25) is 0 Å². The van der Waals surface area contributed by atoms with E-state index in [4.69, 9.17) is 4.74 Å². The molecule has 0 saturated heterocycles. The number of H-pyrrole nitrogens is 1. The maximum absolute atomic E-state index is 12.8. The van der Waals surface area contributed by atoms with Crippen molar-refractivity contribution in [3.8, 4) is 0 Å². The van der Waals surface area contributed by atoms with E-state index in [-0.39, 0.29) is 12.4 Å². The normalized spacial score (nSPS) is 22.9. The molecule has 1 aliphatic heterocycles. The van der Waals surface area contributed by atoms with Crippen molar-refractivity contribution in [1.82, 2.24) is 14.8 Å². The van der Waals surface area contributed by atoms with Gasteiger partial charge in [-0.25, -0.2) is 14.7 Å². The number of aromatic nitrogens is 3. The van der Waals surface area contributed by atoms with Gasteiger partial charge in [-0.3, -0.25) is 4.57 Å². The number of nitrogens with zero attached hydrogens (tertiary/aromatic N) is 2. The fraction of sp³-hybridized carbons (Fsp3) is 0.700. The number of hydrogen-bond acceptors (Lipinski definition) is 4. The first-order chi connectivity index (χ1) is 8.84. The molecule has 0 fully saturated rings. The molecule has 0 bridgehead atoms. The fourth-order valence-electron chi connectivity index (χ4n) is 2.17. The monoisotopic (exact) mass is 279 g/mol. The number of hydrogen-bond donors (Lipinski definition) is 1. The first kappa shape index (κ1) is 13.6. The van der Waals surface area contributed by atoms with Gasteiger partial charge >= 0.3 is 17.8 Å². The third-order valence-electron chi connectivity index (χ3n) is 3.05. The predicted octanol–water partition coefficient (Wildman–Crippen LogP) is 0.800. The van der Waals surface area contributed by atoms with E-state index in [1.54, 1.807) is 6.92 Å². The Balaban J connectivity index is 2.38. The standard InChI is InChI=1S/C10H12F3N3O3/c1-2-19-8(17)6-3-5(10(11,12)13)4-7-14-15-9(18)16(6)7/h5-6H,2-4H2,1H3,(H,15,18). The van der Waals surface area contributed by atoms with Gasteiger partial charge in [0.25, 0.3) is 0 Å². The topological polar surface area (TPSA) is 77.0 Å². The highest BCUT2D eigenvalue weighted by Crippen LogP contribution is 2.38. The van der Waals surface area contributed by atoms with E-state index in [9.17, 15) is 22.8 Å². The van der Waals surface area contributed by atoms with Gasteiger partial charge in [0, 0.05) is 6.42 Å². The molecule has 9 heteroatoms. The minimum absolute atomic E-state index is 0.0357. The Morgan fingerprint density at radius 1 is 1.58 bits per heavy atom. The SMILES string of the molecule is CCOC(=O)C1CC(C(F)(F)F)Cc2n[nH]c(=O)n21. The Hall–Kier alpha value is -1.80. The van der Waals surface area contributed by atoms with Crippen molar-refractivity contribution in [3.05, 3.63) is 16.3 Å². The van der Waals surface area contributed by atoms with Gasteiger partial charge in [-0.05, 0) is 13.3 Å². The van der Waals surface area contributed by atoms with Crippen molar-refractivity contribution in [2.24, 2.45) is 5.92 Å². The van der Waals surface area contributed by atoms with Crippen molar-refractivity contribution in [3.63, 3.8) is 0 Å². The van der Waals surface area contributed by atoms with Crippen LogP contribution in [0, 0.1) is 5.92 Å². The van der Waals surface area contributed by atoms with Crippen LogP contribution in [0.4, 0.5) is 13.2 Å². The summed E-state index contributed by atoms with van der Waals surface area (Å²) in [6.07, 6.45) is -5.36. The number of nitrogens with one attached hydrogen (secondary N) is 1. The number of rotatable bonds is 2. The molecule has 1 N–H and O–H groups in total. The molecule has 1 aromatic heterocycles. The number of ether oxygens (including phenoxy) is 1. The van der Waals surface area contributed by atoms with Crippen molar-refractivity contribution in [2.75, 3.05) is 6.61 Å². The van der Waals surface area contributed by atoms with Crippen LogP contribution in [0.15, 0.2) is 4.79 Å². The zero-order valence-corrected chi connectivity index (χ0v) is 10.0. The molecule has 0 aliphatic carbocycles. The summed E-state index contributed by atoms with van der Waals surface area (Å²) in [6, 6.07) is -1.28. The molecule has 1 aliphatic rings. The third kappa shape index (κ3) is 2.49. The summed E-state index contributed by atoms with van der Waals surface area (Å²) in [4.78, 5) is 23.2. The number of carbonyl (C=O) groups is 1. The van der Waals surface area contributed by atoms with E-state index in [1.807, 2.05) is 0 Å². The lowest BCUT2D eigenvalue weighted by atomic mass is 9.91. The molecular weight excluding hydrogens is 267 g/mol. The molecule has 2 atom stereocenters. The van der Waals surface area contributed by atoms with E-state index in [0.717, 1.165) is 4.57 Å². The van der Waals surface area contributed by atoms with Crippen LogP contribution in [0.25, 0.3) is 0 Å². The van der Waals surface area contributed by atoms with Gasteiger partial charge in [-0.1, -0.05) is 0 Å². The highest BCUT2D eigenvalue weighted by Gasteiger charge is 2.47. The predicted molar refractivity (Wildman–Crippen MR) is 56.4 cm³/mol. The number of esters is 1. The van der Waals surface area contributed by atoms with Crippen molar-refractivity contribution < 1.29 is 22.7 Å². The lowest BCUT2D eigenvalue weighted by Gasteiger charge is -2.29. The van der Waals surface area contributed by atoms with Gasteiger partial charge in [-0.2, -0.15) is 18.3 Å². The lowest BCUT2D eigenvalue weighted by Crippen LogP contribution is -2.40. The second-order valence-corrected chi connectivity index (χ2v) is 4.26. The van der Waals surface area contributed by atoms with Crippen LogP contribution in [0.3, 0.4) is 0 Å². The summed E-state index contributed by atoms with van der Waals surface area (Å²) in [5.41, 5.74) is -0.700. The average molecular weight is 279 g/mol. The number of halogens is 3. The van der Waals surface area contributed by atoms with Gasteiger partial charge in [0.15, 0.2) is 0 Å². The number of alkyl halides is 3. The second-order valence-electron chi connectivity index (χ2n) is 4.26. The maximum atomic E-state index is 12.8. The van der Waals surface area contributed by atoms with Gasteiger partial charge in [0.05, 0.1) is 12.5 Å². The van der Waals surface area contributed by atoms with Crippen LogP contribution < -0.4 is 5.69 Å². The number of aromatic amines is 1. The minimum Gasteiger partial charge on any atom is -0.464 e. The summed E-state index contributed by atoms with van der Waals surface area (Å²) in [5, 5.41) is 5.59. The van der Waals surface area contributed by atoms with Crippen molar-refractivity contribution >= 4 is 5.97 Å². The van der Waals surface area contributed by atoms with Crippen molar-refractivity contribution in [1.29, 1.82) is 0 Å². The van der Waals surface area contributed by atoms with Gasteiger partial charge < -0.3 is 4.74 Å². The first-order valence-electron chi connectivity index (χ1n) is 5.73. The molecule has 106 valence electrons. The minimum atomic E-state index is -4.44. The van der Waals surface area contributed by atoms with E-state index < -0.39 is 42.6 Å². The summed E-state index contributed by atoms with van der Waals surface area (Å²) in [6.45, 7) is 1.58. The quantitative estimate of drug-likeness (QED) is 0.812. The number of carbonyl (C=O) groups excluding carboxylic acids is 1. The van der Waals surface area contributed by atoms with Gasteiger partial charge in [-0.15, -0.1) is 0 Å². The van der Waals surface area contributed by atoms with Crippen molar-refractivity contribution in [2.45, 2.75) is 32.0 Å². The molecule has 2 rings (SSSR count). The van der Waals surface area contributed by atoms with E-state index in [2.05, 4.69) is 10.2 Å². The van der Waals surface area contributed by atoms with E-state index in [0.29, 0.717) is 0 Å². The maximum Gasteiger partial charge on any atom is 0.392 e. The average Bonchev–Trinajstić information content (AvgIpc) is 2.69. The van der Waals surface area contributed by atoms with E-state index in [1.165, 1.54) is 0 Å². The Morgan fingerprint density at radius 2 is 2.26 bits per heavy atom. The Kier molecular flexibility index (Phi) is 3.38. The molecule has 1 aromatic rings. The molecule has 0 aromatic carbocycles. The van der Waals surface area contributed by atoms with Gasteiger partial charge in [0.2, 0.25) is 0 Å². The molecule has 2 unspecified atom stereocenters. The number of fused-ring (bicyclic) bond motifs is 1. The second kappa shape index (κ2) is 4.71. The zero-order chi connectivity index (χ0) is 14.2. The summed E-state index contributed by atoms with van der Waals surface area (Å²) in [7, 11) is 0. The Morgan fingerprint density at radius 3 is 2.84 bits per heavy atom. The summed E-state index contributed by atoms with van der Waals surface area (Å²) in [5.74, 6) is -2.62. The van der Waals surface area contributed by atoms with Gasteiger partial charge in [0.1, 0.15) is 11.9 Å². The smallest absolute Gasteiger partial charge is 0.392 e. The highest BCUT2D eigenvalue weighted by atomic mass is 19.4. The molecule has 19 heavy (non-hydrogen) atoms. The Bertz CT molecular complexity index is 534. The summed E-state index contributed by atoms with van der Waals surface area (Å²) >= 11 is 0. The van der Waals surface area contributed by atoms with Crippen LogP contribution in [0.1, 0.15) is 25.2 Å². The molecule has 0 amide bonds.